The zero-order valence-corrected chi connectivity index (χ0v) is 13.1. The van der Waals surface area contributed by atoms with E-state index in [4.69, 9.17) is 13.9 Å². The van der Waals surface area contributed by atoms with Crippen LogP contribution in [0, 0.1) is 0 Å². The molecular weight excluding hydrogens is 292 g/mol. The van der Waals surface area contributed by atoms with Crippen LogP contribution < -0.4 is 0 Å². The Kier molecular flexibility index (Phi) is 4.41. The Bertz CT molecular complexity index is 602. The van der Waals surface area contributed by atoms with Gasteiger partial charge in [-0.25, -0.2) is 0 Å². The highest BCUT2D eigenvalue weighted by molar-refractivity contribution is 5.08. The minimum Gasteiger partial charge on any atom is -0.472 e. The first-order chi connectivity index (χ1) is 11.4. The Hall–Kier alpha value is -1.69. The zero-order chi connectivity index (χ0) is 15.5. The molecule has 1 aliphatic heterocycles. The molecule has 1 saturated carbocycles. The summed E-state index contributed by atoms with van der Waals surface area (Å²) >= 11 is 0. The topological polar surface area (TPSA) is 47.7 Å². The number of pyridine rings is 1. The summed E-state index contributed by atoms with van der Waals surface area (Å²) < 4.78 is 17.4. The van der Waals surface area contributed by atoms with Crippen LogP contribution in [-0.2, 0) is 22.6 Å². The number of rotatable bonds is 5. The quantitative estimate of drug-likeness (QED) is 0.849. The van der Waals surface area contributed by atoms with Crippen LogP contribution in [0.15, 0.2) is 47.5 Å². The minimum absolute atomic E-state index is 0.173. The Labute approximate surface area is 136 Å². The highest BCUT2D eigenvalue weighted by atomic mass is 16.5. The van der Waals surface area contributed by atoms with Crippen LogP contribution in [0.5, 0.6) is 0 Å². The van der Waals surface area contributed by atoms with E-state index in [1.54, 1.807) is 12.5 Å². The van der Waals surface area contributed by atoms with Gasteiger partial charge in [-0.3, -0.25) is 9.88 Å². The molecule has 4 rings (SSSR count). The number of aromatic nitrogens is 1. The van der Waals surface area contributed by atoms with Gasteiger partial charge in [-0.15, -0.1) is 0 Å². The Morgan fingerprint density at radius 2 is 2.26 bits per heavy atom. The van der Waals surface area contributed by atoms with Crippen molar-refractivity contribution in [2.24, 2.45) is 0 Å². The van der Waals surface area contributed by atoms with E-state index < -0.39 is 0 Å². The second-order valence-corrected chi connectivity index (χ2v) is 6.29. The fourth-order valence-electron chi connectivity index (χ4n) is 3.67. The van der Waals surface area contributed by atoms with Crippen molar-refractivity contribution in [3.8, 4) is 0 Å². The second-order valence-electron chi connectivity index (χ2n) is 6.29. The molecule has 1 saturated heterocycles. The molecule has 0 aromatic carbocycles. The molecule has 1 aliphatic carbocycles. The van der Waals surface area contributed by atoms with E-state index in [9.17, 15) is 0 Å². The lowest BCUT2D eigenvalue weighted by atomic mass is 10.1. The van der Waals surface area contributed by atoms with Gasteiger partial charge in [0.25, 0.3) is 0 Å². The molecule has 23 heavy (non-hydrogen) atoms. The number of morpholine rings is 1. The maximum atomic E-state index is 6.13. The van der Waals surface area contributed by atoms with Gasteiger partial charge < -0.3 is 13.9 Å². The molecule has 0 bridgehead atoms. The van der Waals surface area contributed by atoms with Crippen molar-refractivity contribution in [2.45, 2.75) is 44.2 Å². The average molecular weight is 314 g/mol. The van der Waals surface area contributed by atoms with E-state index in [1.165, 1.54) is 5.56 Å². The van der Waals surface area contributed by atoms with Gasteiger partial charge in [-0.05, 0) is 30.5 Å². The van der Waals surface area contributed by atoms with Crippen LogP contribution in [0.1, 0.15) is 24.0 Å². The van der Waals surface area contributed by atoms with Gasteiger partial charge in [0, 0.05) is 37.1 Å². The number of hydrogen-bond donors (Lipinski definition) is 0. The fourth-order valence-corrected chi connectivity index (χ4v) is 3.67. The Morgan fingerprint density at radius 3 is 3.09 bits per heavy atom. The SMILES string of the molecule is c1cncc(CO[C@H]2CC[C@H]3[C@H]2OCCN3Cc2ccoc2)c1. The summed E-state index contributed by atoms with van der Waals surface area (Å²) in [5.41, 5.74) is 2.34. The Morgan fingerprint density at radius 1 is 1.26 bits per heavy atom. The lowest BCUT2D eigenvalue weighted by Gasteiger charge is -2.38. The molecular formula is C18H22N2O3. The summed E-state index contributed by atoms with van der Waals surface area (Å²) in [5.74, 6) is 0. The minimum atomic E-state index is 0.173. The van der Waals surface area contributed by atoms with E-state index in [0.29, 0.717) is 12.6 Å². The number of ether oxygens (including phenoxy) is 2. The second kappa shape index (κ2) is 6.83. The standard InChI is InChI=1S/C18H22N2O3/c1-2-14(10-19-6-1)13-23-17-4-3-16-18(17)22-9-7-20(16)11-15-5-8-21-12-15/h1-2,5-6,8,10,12,16-18H,3-4,7,9,11,13H2/t16-,17-,18+/m0/s1. The van der Waals surface area contributed by atoms with E-state index in [-0.39, 0.29) is 12.2 Å². The number of nitrogens with zero attached hydrogens (tertiary/aromatic N) is 2. The molecule has 0 unspecified atom stereocenters. The Balaban J connectivity index is 1.37. The van der Waals surface area contributed by atoms with Gasteiger partial charge in [0.2, 0.25) is 0 Å². The highest BCUT2D eigenvalue weighted by Gasteiger charge is 2.43. The van der Waals surface area contributed by atoms with Crippen LogP contribution >= 0.6 is 0 Å². The summed E-state index contributed by atoms with van der Waals surface area (Å²) in [6, 6.07) is 6.47. The molecule has 0 amide bonds. The summed E-state index contributed by atoms with van der Waals surface area (Å²) in [5, 5.41) is 0. The lowest BCUT2D eigenvalue weighted by molar-refractivity contribution is -0.118. The van der Waals surface area contributed by atoms with Gasteiger partial charge in [0.15, 0.2) is 0 Å². The van der Waals surface area contributed by atoms with Gasteiger partial charge in [-0.2, -0.15) is 0 Å². The van der Waals surface area contributed by atoms with Crippen molar-refractivity contribution in [1.82, 2.24) is 9.88 Å². The molecule has 0 radical (unpaired) electrons. The first kappa shape index (κ1) is 14.9. The first-order valence-electron chi connectivity index (χ1n) is 8.27. The highest BCUT2D eigenvalue weighted by Crippen LogP contribution is 2.33. The zero-order valence-electron chi connectivity index (χ0n) is 13.1. The van der Waals surface area contributed by atoms with Gasteiger partial charge in [-0.1, -0.05) is 6.07 Å². The third-order valence-corrected chi connectivity index (χ3v) is 4.80. The van der Waals surface area contributed by atoms with Gasteiger partial charge in [0.1, 0.15) is 0 Å². The number of furan rings is 1. The maximum absolute atomic E-state index is 6.13. The predicted molar refractivity (Wildman–Crippen MR) is 84.7 cm³/mol. The third-order valence-electron chi connectivity index (χ3n) is 4.80. The van der Waals surface area contributed by atoms with Crippen molar-refractivity contribution >= 4 is 0 Å². The summed E-state index contributed by atoms with van der Waals surface area (Å²) in [7, 11) is 0. The van der Waals surface area contributed by atoms with E-state index in [0.717, 1.165) is 38.1 Å². The van der Waals surface area contributed by atoms with Crippen LogP contribution in [-0.4, -0.2) is 41.3 Å². The van der Waals surface area contributed by atoms with Crippen LogP contribution in [0.2, 0.25) is 0 Å². The molecule has 3 heterocycles. The summed E-state index contributed by atoms with van der Waals surface area (Å²) in [4.78, 5) is 6.64. The van der Waals surface area contributed by atoms with Gasteiger partial charge >= 0.3 is 0 Å². The molecule has 122 valence electrons. The molecule has 0 spiro atoms. The molecule has 2 fully saturated rings. The normalized spacial score (nSPS) is 27.9. The molecule has 5 nitrogen and oxygen atoms in total. The fraction of sp³-hybridized carbons (Fsp3) is 0.500. The molecule has 2 aromatic heterocycles. The lowest BCUT2D eigenvalue weighted by Crippen LogP contribution is -2.51. The molecule has 0 N–H and O–H groups in total. The summed E-state index contributed by atoms with van der Waals surface area (Å²) in [6.45, 7) is 3.27. The monoisotopic (exact) mass is 314 g/mol. The molecule has 5 heteroatoms. The largest absolute Gasteiger partial charge is 0.472 e. The molecule has 2 aromatic rings. The molecule has 3 atom stereocenters. The van der Waals surface area contributed by atoms with Crippen molar-refractivity contribution in [3.63, 3.8) is 0 Å². The number of fused-ring (bicyclic) bond motifs is 1. The van der Waals surface area contributed by atoms with Crippen LogP contribution in [0.4, 0.5) is 0 Å². The van der Waals surface area contributed by atoms with Crippen molar-refractivity contribution < 1.29 is 13.9 Å². The van der Waals surface area contributed by atoms with Crippen molar-refractivity contribution in [2.75, 3.05) is 13.2 Å². The molecule has 2 aliphatic rings. The first-order valence-corrected chi connectivity index (χ1v) is 8.27. The van der Waals surface area contributed by atoms with Crippen LogP contribution in [0.3, 0.4) is 0 Å². The smallest absolute Gasteiger partial charge is 0.0992 e. The van der Waals surface area contributed by atoms with Gasteiger partial charge in [0.05, 0.1) is 37.9 Å². The van der Waals surface area contributed by atoms with E-state index >= 15 is 0 Å². The summed E-state index contributed by atoms with van der Waals surface area (Å²) in [6.07, 6.45) is 9.74. The predicted octanol–water partition coefficient (Wildman–Crippen LogP) is 2.62. The number of hydrogen-bond acceptors (Lipinski definition) is 5. The average Bonchev–Trinajstić information content (AvgIpc) is 3.24. The van der Waals surface area contributed by atoms with Crippen molar-refractivity contribution in [1.29, 1.82) is 0 Å². The maximum Gasteiger partial charge on any atom is 0.0992 e. The third kappa shape index (κ3) is 3.32. The van der Waals surface area contributed by atoms with Crippen molar-refractivity contribution in [3.05, 3.63) is 54.2 Å². The van der Waals surface area contributed by atoms with E-state index in [1.807, 2.05) is 30.7 Å². The van der Waals surface area contributed by atoms with E-state index in [2.05, 4.69) is 9.88 Å². The van der Waals surface area contributed by atoms with Crippen LogP contribution in [0.25, 0.3) is 0 Å².